The zero-order chi connectivity index (χ0) is 22.0. The standard InChI is InChI=1S/C27H26N2O2/c1-19-13-15-23(16-14-19)29-25(30)18-27(29,21(3)17-22-10-5-4-6-11-22)26(31)28-24-12-8-7-9-20(24)2/h4-17H,18H2,1-3H3,(H,28,31)/b21-17-/t27-/m1/s1. The molecule has 1 aliphatic rings. The fraction of sp³-hybridized carbons (Fsp3) is 0.185. The highest BCUT2D eigenvalue weighted by molar-refractivity contribution is 6.19. The largest absolute Gasteiger partial charge is 0.323 e. The van der Waals surface area contributed by atoms with Gasteiger partial charge in [-0.15, -0.1) is 0 Å². The molecule has 0 spiro atoms. The second kappa shape index (κ2) is 8.23. The minimum Gasteiger partial charge on any atom is -0.323 e. The number of nitrogens with zero attached hydrogens (tertiary/aromatic N) is 1. The zero-order valence-electron chi connectivity index (χ0n) is 18.1. The van der Waals surface area contributed by atoms with Gasteiger partial charge in [0, 0.05) is 11.4 Å². The molecule has 0 bridgehead atoms. The van der Waals surface area contributed by atoms with Crippen LogP contribution in [0.5, 0.6) is 0 Å². The lowest BCUT2D eigenvalue weighted by atomic mass is 9.75. The van der Waals surface area contributed by atoms with Gasteiger partial charge in [-0.3, -0.25) is 14.5 Å². The van der Waals surface area contributed by atoms with Gasteiger partial charge >= 0.3 is 0 Å². The molecule has 1 heterocycles. The van der Waals surface area contributed by atoms with Crippen molar-refractivity contribution < 1.29 is 9.59 Å². The zero-order valence-corrected chi connectivity index (χ0v) is 18.1. The number of aryl methyl sites for hydroxylation is 2. The highest BCUT2D eigenvalue weighted by atomic mass is 16.2. The highest BCUT2D eigenvalue weighted by Crippen LogP contribution is 2.43. The second-order valence-electron chi connectivity index (χ2n) is 8.11. The molecule has 1 N–H and O–H groups in total. The van der Waals surface area contributed by atoms with E-state index in [0.29, 0.717) is 0 Å². The van der Waals surface area contributed by atoms with Crippen molar-refractivity contribution >= 4 is 29.3 Å². The van der Waals surface area contributed by atoms with E-state index in [0.717, 1.165) is 33.6 Å². The predicted octanol–water partition coefficient (Wildman–Crippen LogP) is 5.52. The van der Waals surface area contributed by atoms with Crippen LogP contribution in [0.2, 0.25) is 0 Å². The normalized spacial score (nSPS) is 18.5. The molecular formula is C27H26N2O2. The Morgan fingerprint density at radius 2 is 1.58 bits per heavy atom. The van der Waals surface area contributed by atoms with Gasteiger partial charge in [0.2, 0.25) is 5.91 Å². The van der Waals surface area contributed by atoms with Crippen molar-refractivity contribution in [3.05, 3.63) is 101 Å². The topological polar surface area (TPSA) is 49.4 Å². The first-order valence-corrected chi connectivity index (χ1v) is 10.4. The number of para-hydroxylation sites is 1. The Morgan fingerprint density at radius 1 is 0.935 bits per heavy atom. The van der Waals surface area contributed by atoms with E-state index in [1.54, 1.807) is 4.90 Å². The molecule has 2 amide bonds. The first-order valence-electron chi connectivity index (χ1n) is 10.4. The average molecular weight is 411 g/mol. The van der Waals surface area contributed by atoms with Gasteiger partial charge in [0.25, 0.3) is 5.91 Å². The molecule has 1 atom stereocenters. The van der Waals surface area contributed by atoms with Gasteiger partial charge in [0.15, 0.2) is 5.54 Å². The third-order valence-electron chi connectivity index (χ3n) is 5.93. The summed E-state index contributed by atoms with van der Waals surface area (Å²) in [5, 5.41) is 3.08. The minimum atomic E-state index is -1.08. The van der Waals surface area contributed by atoms with Crippen LogP contribution in [-0.2, 0) is 9.59 Å². The quantitative estimate of drug-likeness (QED) is 0.563. The Balaban J connectivity index is 1.79. The molecule has 3 aromatic rings. The fourth-order valence-corrected chi connectivity index (χ4v) is 4.09. The van der Waals surface area contributed by atoms with Gasteiger partial charge in [0.1, 0.15) is 0 Å². The minimum absolute atomic E-state index is 0.0652. The van der Waals surface area contributed by atoms with Crippen LogP contribution >= 0.6 is 0 Å². The smallest absolute Gasteiger partial charge is 0.255 e. The number of amides is 2. The van der Waals surface area contributed by atoms with Crippen molar-refractivity contribution in [2.24, 2.45) is 0 Å². The maximum absolute atomic E-state index is 13.8. The van der Waals surface area contributed by atoms with Gasteiger partial charge in [0.05, 0.1) is 6.42 Å². The number of β-lactam (4-membered cyclic amide) rings is 1. The lowest BCUT2D eigenvalue weighted by molar-refractivity contribution is -0.135. The highest BCUT2D eigenvalue weighted by Gasteiger charge is 2.58. The number of rotatable bonds is 5. The van der Waals surface area contributed by atoms with Crippen molar-refractivity contribution in [2.45, 2.75) is 32.7 Å². The van der Waals surface area contributed by atoms with Crippen molar-refractivity contribution in [3.8, 4) is 0 Å². The van der Waals surface area contributed by atoms with E-state index < -0.39 is 5.54 Å². The first-order chi connectivity index (χ1) is 14.9. The Kier molecular flexibility index (Phi) is 5.47. The van der Waals surface area contributed by atoms with E-state index in [4.69, 9.17) is 0 Å². The Bertz CT molecular complexity index is 1150. The summed E-state index contributed by atoms with van der Waals surface area (Å²) in [6.45, 7) is 5.89. The van der Waals surface area contributed by atoms with Crippen LogP contribution in [0.4, 0.5) is 11.4 Å². The van der Waals surface area contributed by atoms with Crippen molar-refractivity contribution in [1.82, 2.24) is 0 Å². The molecule has 1 saturated heterocycles. The summed E-state index contributed by atoms with van der Waals surface area (Å²) in [6.07, 6.45) is 2.12. The SMILES string of the molecule is C/C(=C/c1ccccc1)[C@@]1(C(=O)Nc2ccccc2C)CC(=O)N1c1ccc(C)cc1. The number of anilines is 2. The van der Waals surface area contributed by atoms with Crippen molar-refractivity contribution in [1.29, 1.82) is 0 Å². The van der Waals surface area contributed by atoms with Gasteiger partial charge in [-0.05, 0) is 55.7 Å². The summed E-state index contributed by atoms with van der Waals surface area (Å²) >= 11 is 0. The van der Waals surface area contributed by atoms with Crippen LogP contribution < -0.4 is 10.2 Å². The molecular weight excluding hydrogens is 384 g/mol. The molecule has 0 unspecified atom stereocenters. The van der Waals surface area contributed by atoms with Crippen LogP contribution in [0.1, 0.15) is 30.0 Å². The molecule has 31 heavy (non-hydrogen) atoms. The Hall–Kier alpha value is -3.66. The summed E-state index contributed by atoms with van der Waals surface area (Å²) in [6, 6.07) is 25.3. The summed E-state index contributed by atoms with van der Waals surface area (Å²) in [4.78, 5) is 28.2. The average Bonchev–Trinajstić information content (AvgIpc) is 2.75. The Morgan fingerprint density at radius 3 is 2.23 bits per heavy atom. The molecule has 1 aliphatic heterocycles. The van der Waals surface area contributed by atoms with E-state index >= 15 is 0 Å². The van der Waals surface area contributed by atoms with E-state index in [9.17, 15) is 9.59 Å². The van der Waals surface area contributed by atoms with Crippen LogP contribution in [-0.4, -0.2) is 17.4 Å². The van der Waals surface area contributed by atoms with Crippen LogP contribution in [0.25, 0.3) is 6.08 Å². The summed E-state index contributed by atoms with van der Waals surface area (Å²) in [5.74, 6) is -0.267. The van der Waals surface area contributed by atoms with Crippen molar-refractivity contribution in [2.75, 3.05) is 10.2 Å². The van der Waals surface area contributed by atoms with Gasteiger partial charge in [-0.1, -0.05) is 72.3 Å². The number of carbonyl (C=O) groups excluding carboxylic acids is 2. The molecule has 0 aliphatic carbocycles. The molecule has 3 aromatic carbocycles. The van der Waals surface area contributed by atoms with E-state index in [-0.39, 0.29) is 18.2 Å². The second-order valence-corrected chi connectivity index (χ2v) is 8.11. The van der Waals surface area contributed by atoms with E-state index in [2.05, 4.69) is 5.32 Å². The number of hydrogen-bond acceptors (Lipinski definition) is 2. The molecule has 4 nitrogen and oxygen atoms in total. The number of hydrogen-bond donors (Lipinski definition) is 1. The van der Waals surface area contributed by atoms with Gasteiger partial charge < -0.3 is 5.32 Å². The van der Waals surface area contributed by atoms with Crippen LogP contribution in [0.15, 0.2) is 84.4 Å². The van der Waals surface area contributed by atoms with Crippen LogP contribution in [0.3, 0.4) is 0 Å². The Labute approximate surface area is 183 Å². The lowest BCUT2D eigenvalue weighted by Gasteiger charge is -2.51. The van der Waals surface area contributed by atoms with Crippen molar-refractivity contribution in [3.63, 3.8) is 0 Å². The molecule has 4 rings (SSSR count). The maximum Gasteiger partial charge on any atom is 0.255 e. The maximum atomic E-state index is 13.8. The predicted molar refractivity (Wildman–Crippen MR) is 126 cm³/mol. The summed E-state index contributed by atoms with van der Waals surface area (Å²) < 4.78 is 0. The fourth-order valence-electron chi connectivity index (χ4n) is 4.09. The summed E-state index contributed by atoms with van der Waals surface area (Å²) in [5.41, 5.74) is 4.29. The van der Waals surface area contributed by atoms with Gasteiger partial charge in [-0.2, -0.15) is 0 Å². The molecule has 0 aromatic heterocycles. The van der Waals surface area contributed by atoms with Gasteiger partial charge in [-0.25, -0.2) is 0 Å². The number of benzene rings is 3. The third kappa shape index (κ3) is 3.77. The first kappa shape index (κ1) is 20.6. The van der Waals surface area contributed by atoms with E-state index in [1.807, 2.05) is 106 Å². The van der Waals surface area contributed by atoms with Crippen LogP contribution in [0, 0.1) is 13.8 Å². The molecule has 0 saturated carbocycles. The third-order valence-corrected chi connectivity index (χ3v) is 5.93. The number of carbonyl (C=O) groups is 2. The molecule has 1 fully saturated rings. The van der Waals surface area contributed by atoms with E-state index in [1.165, 1.54) is 0 Å². The molecule has 156 valence electrons. The monoisotopic (exact) mass is 410 g/mol. The molecule has 0 radical (unpaired) electrons. The summed E-state index contributed by atoms with van der Waals surface area (Å²) in [7, 11) is 0. The molecule has 4 heteroatoms. The lowest BCUT2D eigenvalue weighted by Crippen LogP contribution is -2.70. The number of nitrogens with one attached hydrogen (secondary N) is 1.